The van der Waals surface area contributed by atoms with Gasteiger partial charge in [0, 0.05) is 26.8 Å². The molecule has 0 atom stereocenters. The second-order valence-corrected chi connectivity index (χ2v) is 7.27. The van der Waals surface area contributed by atoms with Crippen molar-refractivity contribution in [2.75, 3.05) is 6.54 Å². The van der Waals surface area contributed by atoms with Crippen LogP contribution in [0.15, 0.2) is 46.4 Å². The fourth-order valence-corrected chi connectivity index (χ4v) is 3.16. The molecule has 0 bridgehead atoms. The van der Waals surface area contributed by atoms with Gasteiger partial charge >= 0.3 is 0 Å². The molecule has 1 nitrogen and oxygen atoms in total. The normalized spacial score (nSPS) is 12.2. The summed E-state index contributed by atoms with van der Waals surface area (Å²) >= 11 is 5.31. The average molecular weight is 350 g/mol. The topological polar surface area (TPSA) is 12.0 Å². The molecule has 0 amide bonds. The predicted molar refractivity (Wildman–Crippen MR) is 94.2 cm³/mol. The molecule has 1 heterocycles. The minimum Gasteiger partial charge on any atom is -0.311 e. The molecule has 2 aromatic rings. The van der Waals surface area contributed by atoms with Gasteiger partial charge in [0.25, 0.3) is 0 Å². The number of halogens is 1. The van der Waals surface area contributed by atoms with E-state index in [9.17, 15) is 0 Å². The molecule has 0 aliphatic carbocycles. The highest BCUT2D eigenvalue weighted by atomic mass is 79.9. The van der Waals surface area contributed by atoms with Crippen LogP contribution in [0.4, 0.5) is 0 Å². The third kappa shape index (κ3) is 4.58. The van der Waals surface area contributed by atoms with Gasteiger partial charge in [0.15, 0.2) is 0 Å². The summed E-state index contributed by atoms with van der Waals surface area (Å²) in [4.78, 5) is 2.62. The zero-order valence-corrected chi connectivity index (χ0v) is 14.5. The van der Waals surface area contributed by atoms with Crippen LogP contribution in [0.3, 0.4) is 0 Å². The maximum absolute atomic E-state index is 3.47. The summed E-state index contributed by atoms with van der Waals surface area (Å²) in [7, 11) is 0. The molecule has 1 N–H and O–H groups in total. The lowest BCUT2D eigenvalue weighted by atomic mass is 10.2. The number of thiophene rings is 1. The van der Waals surface area contributed by atoms with Crippen LogP contribution in [-0.2, 0) is 0 Å². The molecule has 0 spiro atoms. The average Bonchev–Trinajstić information content (AvgIpc) is 2.85. The first-order chi connectivity index (χ1) is 9.54. The molecular weight excluding hydrogens is 330 g/mol. The Bertz CT molecular complexity index is 581. The lowest BCUT2D eigenvalue weighted by molar-refractivity contribution is 0.623. The number of benzene rings is 1. The van der Waals surface area contributed by atoms with Gasteiger partial charge in [-0.15, -0.1) is 11.3 Å². The largest absolute Gasteiger partial charge is 0.311 e. The van der Waals surface area contributed by atoms with E-state index < -0.39 is 0 Å². The SMILES string of the molecule is CC(=Cc1ccc(-c2ccc(Br)cc2)s1)CNC(C)C. The minimum absolute atomic E-state index is 0.528. The van der Waals surface area contributed by atoms with E-state index in [4.69, 9.17) is 0 Å². The van der Waals surface area contributed by atoms with Crippen molar-refractivity contribution in [2.45, 2.75) is 26.8 Å². The van der Waals surface area contributed by atoms with E-state index in [0.29, 0.717) is 6.04 Å². The lowest BCUT2D eigenvalue weighted by Crippen LogP contribution is -2.24. The molecule has 2 rings (SSSR count). The van der Waals surface area contributed by atoms with E-state index in [1.807, 2.05) is 11.3 Å². The summed E-state index contributed by atoms with van der Waals surface area (Å²) in [6.07, 6.45) is 2.27. The quantitative estimate of drug-likeness (QED) is 0.742. The second-order valence-electron chi connectivity index (χ2n) is 5.24. The van der Waals surface area contributed by atoms with Crippen molar-refractivity contribution < 1.29 is 0 Å². The molecule has 0 saturated carbocycles. The highest BCUT2D eigenvalue weighted by molar-refractivity contribution is 9.10. The van der Waals surface area contributed by atoms with Crippen LogP contribution in [0.5, 0.6) is 0 Å². The molecule has 3 heteroatoms. The predicted octanol–water partition coefficient (Wildman–Crippen LogP) is 5.58. The van der Waals surface area contributed by atoms with Crippen molar-refractivity contribution in [3.63, 3.8) is 0 Å². The van der Waals surface area contributed by atoms with Crippen LogP contribution >= 0.6 is 27.3 Å². The second kappa shape index (κ2) is 7.21. The smallest absolute Gasteiger partial charge is 0.0349 e. The molecule has 0 fully saturated rings. The van der Waals surface area contributed by atoms with Crippen molar-refractivity contribution in [2.24, 2.45) is 0 Å². The Hall–Kier alpha value is -0.900. The summed E-state index contributed by atoms with van der Waals surface area (Å²) < 4.78 is 1.12. The van der Waals surface area contributed by atoms with E-state index >= 15 is 0 Å². The van der Waals surface area contributed by atoms with Gasteiger partial charge in [-0.2, -0.15) is 0 Å². The van der Waals surface area contributed by atoms with Crippen LogP contribution in [0.2, 0.25) is 0 Å². The number of rotatable bonds is 5. The molecule has 0 unspecified atom stereocenters. The van der Waals surface area contributed by atoms with Gasteiger partial charge in [0.2, 0.25) is 0 Å². The Labute approximate surface area is 133 Å². The van der Waals surface area contributed by atoms with E-state index in [2.05, 4.69) is 84.5 Å². The van der Waals surface area contributed by atoms with Gasteiger partial charge < -0.3 is 5.32 Å². The Morgan fingerprint density at radius 1 is 1.20 bits per heavy atom. The molecule has 0 aliphatic heterocycles. The van der Waals surface area contributed by atoms with E-state index in [1.165, 1.54) is 20.9 Å². The molecule has 20 heavy (non-hydrogen) atoms. The fraction of sp³-hybridized carbons (Fsp3) is 0.294. The van der Waals surface area contributed by atoms with Crippen LogP contribution in [0, 0.1) is 0 Å². The van der Waals surface area contributed by atoms with Crippen molar-refractivity contribution in [3.05, 3.63) is 51.3 Å². The third-order valence-corrected chi connectivity index (χ3v) is 4.54. The van der Waals surface area contributed by atoms with E-state index in [1.54, 1.807) is 0 Å². The van der Waals surface area contributed by atoms with Crippen molar-refractivity contribution >= 4 is 33.3 Å². The van der Waals surface area contributed by atoms with Crippen molar-refractivity contribution in [3.8, 4) is 10.4 Å². The molecule has 106 valence electrons. The Kier molecular flexibility index (Phi) is 5.58. The number of hydrogen-bond donors (Lipinski definition) is 1. The molecule has 0 aliphatic rings. The first-order valence-corrected chi connectivity index (χ1v) is 8.42. The maximum atomic E-state index is 3.47. The van der Waals surface area contributed by atoms with Gasteiger partial charge in [-0.25, -0.2) is 0 Å². The molecule has 1 aromatic carbocycles. The van der Waals surface area contributed by atoms with Gasteiger partial charge in [0.05, 0.1) is 0 Å². The molecule has 0 radical (unpaired) electrons. The van der Waals surface area contributed by atoms with Crippen LogP contribution in [0.1, 0.15) is 25.6 Å². The van der Waals surface area contributed by atoms with Crippen LogP contribution < -0.4 is 5.32 Å². The molecule has 0 saturated heterocycles. The minimum atomic E-state index is 0.528. The molecule has 1 aromatic heterocycles. The zero-order valence-electron chi connectivity index (χ0n) is 12.1. The summed E-state index contributed by atoms with van der Waals surface area (Å²) in [6, 6.07) is 13.4. The Balaban J connectivity index is 2.09. The summed E-state index contributed by atoms with van der Waals surface area (Å²) in [6.45, 7) is 7.46. The van der Waals surface area contributed by atoms with Gasteiger partial charge in [0.1, 0.15) is 0 Å². The van der Waals surface area contributed by atoms with Crippen LogP contribution in [0.25, 0.3) is 16.5 Å². The van der Waals surface area contributed by atoms with Crippen molar-refractivity contribution in [1.29, 1.82) is 0 Å². The van der Waals surface area contributed by atoms with Gasteiger partial charge in [-0.05, 0) is 42.8 Å². The highest BCUT2D eigenvalue weighted by Crippen LogP contribution is 2.30. The Morgan fingerprint density at radius 2 is 1.90 bits per heavy atom. The van der Waals surface area contributed by atoms with E-state index in [-0.39, 0.29) is 0 Å². The monoisotopic (exact) mass is 349 g/mol. The third-order valence-electron chi connectivity index (χ3n) is 2.93. The van der Waals surface area contributed by atoms with Crippen molar-refractivity contribution in [1.82, 2.24) is 5.32 Å². The van der Waals surface area contributed by atoms with Gasteiger partial charge in [-0.1, -0.05) is 47.5 Å². The van der Waals surface area contributed by atoms with Crippen LogP contribution in [-0.4, -0.2) is 12.6 Å². The summed E-state index contributed by atoms with van der Waals surface area (Å²) in [5, 5.41) is 3.44. The number of hydrogen-bond acceptors (Lipinski definition) is 2. The zero-order chi connectivity index (χ0) is 14.5. The summed E-state index contributed by atoms with van der Waals surface area (Å²) in [5.74, 6) is 0. The molecular formula is C17H20BrNS. The lowest BCUT2D eigenvalue weighted by Gasteiger charge is -2.07. The number of nitrogens with one attached hydrogen (secondary N) is 1. The van der Waals surface area contributed by atoms with E-state index in [0.717, 1.165) is 11.0 Å². The fourth-order valence-electron chi connectivity index (χ4n) is 1.86. The highest BCUT2D eigenvalue weighted by Gasteiger charge is 2.02. The Morgan fingerprint density at radius 3 is 2.55 bits per heavy atom. The standard InChI is InChI=1S/C17H20BrNS/c1-12(2)19-11-13(3)10-16-8-9-17(20-16)14-4-6-15(18)7-5-14/h4-10,12,19H,11H2,1-3H3. The maximum Gasteiger partial charge on any atom is 0.0349 e. The first kappa shape index (κ1) is 15.5. The van der Waals surface area contributed by atoms with Gasteiger partial charge in [-0.3, -0.25) is 0 Å². The first-order valence-electron chi connectivity index (χ1n) is 6.81. The summed E-state index contributed by atoms with van der Waals surface area (Å²) in [5.41, 5.74) is 2.64.